The molecular weight excluding hydrogens is 346 g/mol. The van der Waals surface area contributed by atoms with Crippen LogP contribution in [0.4, 0.5) is 0 Å². The van der Waals surface area contributed by atoms with E-state index in [4.69, 9.17) is 9.72 Å². The van der Waals surface area contributed by atoms with Crippen LogP contribution in [0.5, 0.6) is 5.75 Å². The van der Waals surface area contributed by atoms with Crippen molar-refractivity contribution < 1.29 is 4.74 Å². The van der Waals surface area contributed by atoms with E-state index in [1.165, 1.54) is 20.8 Å². The Balaban J connectivity index is 1.58. The summed E-state index contributed by atoms with van der Waals surface area (Å²) in [5.41, 5.74) is 3.72. The summed E-state index contributed by atoms with van der Waals surface area (Å²) < 4.78 is 6.82. The molecule has 2 aromatic carbocycles. The topological polar surface area (TPSA) is 22.1 Å². The molecule has 1 unspecified atom stereocenters. The van der Waals surface area contributed by atoms with Gasteiger partial charge in [-0.15, -0.1) is 11.3 Å². The largest absolute Gasteiger partial charge is 0.493 e. The Morgan fingerprint density at radius 3 is 3.05 bits per heavy atom. The molecular formula is C17H14BrNOS. The lowest BCUT2D eigenvalue weighted by Crippen LogP contribution is -1.95. The molecule has 0 fully saturated rings. The van der Waals surface area contributed by atoms with E-state index in [0.717, 1.165) is 30.7 Å². The van der Waals surface area contributed by atoms with Crippen molar-refractivity contribution >= 4 is 37.5 Å². The molecule has 1 atom stereocenters. The monoisotopic (exact) mass is 359 g/mol. The summed E-state index contributed by atoms with van der Waals surface area (Å²) in [5, 5.41) is 1.18. The average molecular weight is 360 g/mol. The van der Waals surface area contributed by atoms with Gasteiger partial charge in [-0.3, -0.25) is 0 Å². The number of nitrogens with zero attached hydrogens (tertiary/aromatic N) is 1. The van der Waals surface area contributed by atoms with Gasteiger partial charge in [-0.25, -0.2) is 4.98 Å². The summed E-state index contributed by atoms with van der Waals surface area (Å²) in [7, 11) is 0. The number of aromatic nitrogens is 1. The molecule has 1 aliphatic rings. The highest BCUT2D eigenvalue weighted by Gasteiger charge is 2.17. The molecule has 0 radical (unpaired) electrons. The van der Waals surface area contributed by atoms with Crippen molar-refractivity contribution in [3.05, 3.63) is 58.6 Å². The fourth-order valence-electron chi connectivity index (χ4n) is 2.68. The molecule has 1 aliphatic heterocycles. The SMILES string of the molecule is BrC(Cc1nc2ccccc2s1)c1ccc2c(c1)CCO2. The zero-order valence-corrected chi connectivity index (χ0v) is 13.8. The molecule has 0 spiro atoms. The van der Waals surface area contributed by atoms with Crippen molar-refractivity contribution in [1.82, 2.24) is 4.98 Å². The lowest BCUT2D eigenvalue weighted by atomic mass is 10.0. The Labute approximate surface area is 135 Å². The van der Waals surface area contributed by atoms with Crippen LogP contribution in [0, 0.1) is 0 Å². The molecule has 2 heterocycles. The number of hydrogen-bond donors (Lipinski definition) is 0. The highest BCUT2D eigenvalue weighted by Crippen LogP contribution is 2.34. The summed E-state index contributed by atoms with van der Waals surface area (Å²) in [4.78, 5) is 5.01. The highest BCUT2D eigenvalue weighted by molar-refractivity contribution is 9.09. The minimum Gasteiger partial charge on any atom is -0.493 e. The first-order valence-corrected chi connectivity index (χ1v) is 8.77. The maximum atomic E-state index is 5.57. The molecule has 0 bridgehead atoms. The molecule has 0 amide bonds. The predicted molar refractivity (Wildman–Crippen MR) is 90.6 cm³/mol. The van der Waals surface area contributed by atoms with Gasteiger partial charge >= 0.3 is 0 Å². The maximum Gasteiger partial charge on any atom is 0.122 e. The summed E-state index contributed by atoms with van der Waals surface area (Å²) in [6, 6.07) is 14.8. The van der Waals surface area contributed by atoms with Gasteiger partial charge in [0.2, 0.25) is 0 Å². The van der Waals surface area contributed by atoms with E-state index in [1.54, 1.807) is 11.3 Å². The first kappa shape index (κ1) is 13.3. The summed E-state index contributed by atoms with van der Waals surface area (Å²) in [6.07, 6.45) is 1.93. The van der Waals surface area contributed by atoms with E-state index in [0.29, 0.717) is 4.83 Å². The van der Waals surface area contributed by atoms with Crippen molar-refractivity contribution in [1.29, 1.82) is 0 Å². The highest BCUT2D eigenvalue weighted by atomic mass is 79.9. The van der Waals surface area contributed by atoms with Crippen LogP contribution >= 0.6 is 27.3 Å². The first-order chi connectivity index (χ1) is 10.3. The Bertz CT molecular complexity index is 765. The maximum absolute atomic E-state index is 5.57. The van der Waals surface area contributed by atoms with Gasteiger partial charge in [-0.2, -0.15) is 0 Å². The fourth-order valence-corrected chi connectivity index (χ4v) is 4.50. The number of fused-ring (bicyclic) bond motifs is 2. The van der Waals surface area contributed by atoms with Gasteiger partial charge in [0.15, 0.2) is 0 Å². The van der Waals surface area contributed by atoms with E-state index in [2.05, 4.69) is 52.3 Å². The average Bonchev–Trinajstić information content (AvgIpc) is 3.11. The standard InChI is InChI=1S/C17H14BrNOS/c18-13(11-5-6-15-12(9-11)7-8-20-15)10-17-19-14-3-1-2-4-16(14)21-17/h1-6,9,13H,7-8,10H2. The van der Waals surface area contributed by atoms with Crippen LogP contribution in [0.3, 0.4) is 0 Å². The molecule has 4 rings (SSSR count). The molecule has 2 nitrogen and oxygen atoms in total. The van der Waals surface area contributed by atoms with Crippen LogP contribution in [0.1, 0.15) is 21.0 Å². The molecule has 1 aromatic heterocycles. The van der Waals surface area contributed by atoms with E-state index >= 15 is 0 Å². The van der Waals surface area contributed by atoms with Gasteiger partial charge in [0.25, 0.3) is 0 Å². The van der Waals surface area contributed by atoms with Gasteiger partial charge in [-0.05, 0) is 29.3 Å². The molecule has 21 heavy (non-hydrogen) atoms. The zero-order valence-electron chi connectivity index (χ0n) is 11.4. The van der Waals surface area contributed by atoms with Crippen LogP contribution < -0.4 is 4.74 Å². The van der Waals surface area contributed by atoms with Gasteiger partial charge in [0.1, 0.15) is 5.75 Å². The first-order valence-electron chi connectivity index (χ1n) is 7.04. The van der Waals surface area contributed by atoms with E-state index in [9.17, 15) is 0 Å². The number of thiazole rings is 1. The van der Waals surface area contributed by atoms with Crippen LogP contribution in [0.25, 0.3) is 10.2 Å². The predicted octanol–water partition coefficient (Wildman–Crippen LogP) is 4.91. The third kappa shape index (κ3) is 2.58. The molecule has 4 heteroatoms. The molecule has 0 N–H and O–H groups in total. The van der Waals surface area contributed by atoms with Crippen LogP contribution in [0.2, 0.25) is 0 Å². The van der Waals surface area contributed by atoms with E-state index < -0.39 is 0 Å². The Morgan fingerprint density at radius 1 is 1.24 bits per heavy atom. The fraction of sp³-hybridized carbons (Fsp3) is 0.235. The molecule has 0 saturated heterocycles. The molecule has 3 aromatic rings. The number of rotatable bonds is 3. The van der Waals surface area contributed by atoms with Gasteiger partial charge in [-0.1, -0.05) is 40.2 Å². The quantitative estimate of drug-likeness (QED) is 0.619. The minimum absolute atomic E-state index is 0.295. The minimum atomic E-state index is 0.295. The van der Waals surface area contributed by atoms with Gasteiger partial charge in [0.05, 0.1) is 21.8 Å². The van der Waals surface area contributed by atoms with Crippen LogP contribution in [-0.2, 0) is 12.8 Å². The third-order valence-electron chi connectivity index (χ3n) is 3.77. The van der Waals surface area contributed by atoms with E-state index in [-0.39, 0.29) is 0 Å². The number of para-hydroxylation sites is 1. The summed E-state index contributed by atoms with van der Waals surface area (Å²) >= 11 is 5.59. The van der Waals surface area contributed by atoms with Crippen LogP contribution in [0.15, 0.2) is 42.5 Å². The van der Waals surface area contributed by atoms with Crippen molar-refractivity contribution in [3.8, 4) is 5.75 Å². The molecule has 0 saturated carbocycles. The third-order valence-corrected chi connectivity index (χ3v) is 5.68. The Morgan fingerprint density at radius 2 is 2.14 bits per heavy atom. The van der Waals surface area contributed by atoms with Crippen molar-refractivity contribution in [2.24, 2.45) is 0 Å². The summed E-state index contributed by atoms with van der Waals surface area (Å²) in [5.74, 6) is 1.04. The van der Waals surface area contributed by atoms with Crippen molar-refractivity contribution in [2.45, 2.75) is 17.7 Å². The second-order valence-corrected chi connectivity index (χ2v) is 7.43. The van der Waals surface area contributed by atoms with Crippen LogP contribution in [-0.4, -0.2) is 11.6 Å². The lowest BCUT2D eigenvalue weighted by Gasteiger charge is -2.09. The van der Waals surface area contributed by atoms with Gasteiger partial charge in [0, 0.05) is 17.7 Å². The number of hydrogen-bond acceptors (Lipinski definition) is 3. The number of benzene rings is 2. The van der Waals surface area contributed by atoms with Crippen molar-refractivity contribution in [2.75, 3.05) is 6.61 Å². The normalized spacial score (nSPS) is 14.9. The number of halogens is 1. The second kappa shape index (κ2) is 5.43. The molecule has 106 valence electrons. The Kier molecular flexibility index (Phi) is 3.43. The molecule has 0 aliphatic carbocycles. The number of alkyl halides is 1. The van der Waals surface area contributed by atoms with Gasteiger partial charge < -0.3 is 4.74 Å². The van der Waals surface area contributed by atoms with Crippen molar-refractivity contribution in [3.63, 3.8) is 0 Å². The summed E-state index contributed by atoms with van der Waals surface area (Å²) in [6.45, 7) is 0.809. The second-order valence-electron chi connectivity index (χ2n) is 5.21. The number of ether oxygens (including phenoxy) is 1. The Hall–Kier alpha value is -1.39. The smallest absolute Gasteiger partial charge is 0.122 e. The zero-order chi connectivity index (χ0) is 14.2. The van der Waals surface area contributed by atoms with E-state index in [1.807, 2.05) is 6.07 Å². The lowest BCUT2D eigenvalue weighted by molar-refractivity contribution is 0.357.